The van der Waals surface area contributed by atoms with Crippen LogP contribution in [0.1, 0.15) is 258 Å². The average Bonchev–Trinajstić information content (AvgIpc) is 3.25. The third-order valence-electron chi connectivity index (χ3n) is 12.3. The van der Waals surface area contributed by atoms with Crippen molar-refractivity contribution in [1.29, 1.82) is 0 Å². The third-order valence-corrected chi connectivity index (χ3v) is 13.3. The smallest absolute Gasteiger partial charge is 0.387 e. The molecular formula is C55H108N2O6P+. The second-order valence-corrected chi connectivity index (χ2v) is 21.4. The Morgan fingerprint density at radius 3 is 1.25 bits per heavy atom. The standard InChI is InChI=1S/C55H107N2O6P/c1-6-8-10-12-14-16-18-20-21-22-23-24-25-26-27-28-29-30-31-32-33-34-35-37-38-40-42-44-46-48-54(58)53(52-63-64(60,61)62-51-50-57(3,4)5)56-55(59)49-47-45-43-41-39-36-19-17-15-13-11-9-7-2/h33-34,38,40,46,48,53-54,58H,6-32,35-37,39,41-45,47,49-52H2,1-5H3,(H-,56,59,60,61)/p+1/b34-33+,40-38+,48-46+. The Hall–Kier alpha value is -1.28. The van der Waals surface area contributed by atoms with Crippen molar-refractivity contribution in [2.45, 2.75) is 270 Å². The van der Waals surface area contributed by atoms with E-state index in [9.17, 15) is 19.4 Å². The van der Waals surface area contributed by atoms with Crippen molar-refractivity contribution in [3.05, 3.63) is 36.5 Å². The van der Waals surface area contributed by atoms with Gasteiger partial charge in [0.2, 0.25) is 5.91 Å². The lowest BCUT2D eigenvalue weighted by Crippen LogP contribution is -2.45. The van der Waals surface area contributed by atoms with Crippen LogP contribution in [0, 0.1) is 0 Å². The van der Waals surface area contributed by atoms with E-state index in [4.69, 9.17) is 9.05 Å². The molecule has 0 aliphatic rings. The molecule has 1 amide bonds. The molecule has 0 bridgehead atoms. The number of rotatable bonds is 50. The number of amides is 1. The van der Waals surface area contributed by atoms with Crippen LogP contribution in [0.15, 0.2) is 36.5 Å². The number of carbonyl (C=O) groups excluding carboxylic acids is 1. The predicted octanol–water partition coefficient (Wildman–Crippen LogP) is 16.2. The number of allylic oxidation sites excluding steroid dienone is 5. The van der Waals surface area contributed by atoms with Crippen molar-refractivity contribution in [1.82, 2.24) is 5.32 Å². The number of hydrogen-bond acceptors (Lipinski definition) is 5. The molecule has 64 heavy (non-hydrogen) atoms. The zero-order chi connectivity index (χ0) is 47.1. The maximum atomic E-state index is 12.9. The number of carbonyl (C=O) groups is 1. The molecular weight excluding hydrogens is 816 g/mol. The summed E-state index contributed by atoms with van der Waals surface area (Å²) in [6.07, 6.45) is 59.7. The Kier molecular flexibility index (Phi) is 45.9. The molecule has 9 heteroatoms. The van der Waals surface area contributed by atoms with Crippen LogP contribution >= 0.6 is 7.82 Å². The van der Waals surface area contributed by atoms with Gasteiger partial charge >= 0.3 is 7.82 Å². The van der Waals surface area contributed by atoms with Gasteiger partial charge in [-0.2, -0.15) is 0 Å². The molecule has 0 aromatic heterocycles. The first-order valence-corrected chi connectivity index (χ1v) is 28.9. The van der Waals surface area contributed by atoms with Gasteiger partial charge in [0, 0.05) is 6.42 Å². The molecule has 8 nitrogen and oxygen atoms in total. The number of phosphoric ester groups is 1. The monoisotopic (exact) mass is 924 g/mol. The fraction of sp³-hybridized carbons (Fsp3) is 0.873. The summed E-state index contributed by atoms with van der Waals surface area (Å²) in [5, 5.41) is 13.9. The van der Waals surface area contributed by atoms with E-state index in [1.54, 1.807) is 6.08 Å². The molecule has 3 N–H and O–H groups in total. The Labute approximate surface area is 397 Å². The number of aliphatic hydroxyl groups is 1. The lowest BCUT2D eigenvalue weighted by Gasteiger charge is -2.25. The predicted molar refractivity (Wildman–Crippen MR) is 277 cm³/mol. The SMILES string of the molecule is CCCCCCCCCCCCCCCCCCCCC/C=C/CC/C=C/CC/C=C/C(O)C(COP(=O)(O)OCC[N+](C)(C)C)NC(=O)CCCCCCCCCCCCCCC. The molecule has 3 unspecified atom stereocenters. The van der Waals surface area contributed by atoms with Crippen molar-refractivity contribution in [3.8, 4) is 0 Å². The van der Waals surface area contributed by atoms with E-state index in [1.165, 1.54) is 193 Å². The summed E-state index contributed by atoms with van der Waals surface area (Å²) < 4.78 is 23.6. The minimum absolute atomic E-state index is 0.0548. The maximum absolute atomic E-state index is 12.9. The van der Waals surface area contributed by atoms with Gasteiger partial charge in [0.25, 0.3) is 0 Å². The van der Waals surface area contributed by atoms with E-state index in [0.29, 0.717) is 17.4 Å². The first-order chi connectivity index (χ1) is 31.0. The van der Waals surface area contributed by atoms with Gasteiger partial charge in [-0.15, -0.1) is 0 Å². The first-order valence-electron chi connectivity index (χ1n) is 27.4. The van der Waals surface area contributed by atoms with E-state index in [1.807, 2.05) is 27.2 Å². The summed E-state index contributed by atoms with van der Waals surface area (Å²) in [5.41, 5.74) is 0. The minimum atomic E-state index is -4.35. The number of hydrogen-bond donors (Lipinski definition) is 3. The number of phosphoric acid groups is 1. The molecule has 0 aliphatic heterocycles. The van der Waals surface area contributed by atoms with Gasteiger partial charge < -0.3 is 19.8 Å². The lowest BCUT2D eigenvalue weighted by molar-refractivity contribution is -0.870. The van der Waals surface area contributed by atoms with Gasteiger partial charge in [-0.3, -0.25) is 13.8 Å². The first kappa shape index (κ1) is 62.7. The number of aliphatic hydroxyl groups excluding tert-OH is 1. The van der Waals surface area contributed by atoms with Crippen molar-refractivity contribution < 1.29 is 32.9 Å². The summed E-state index contributed by atoms with van der Waals surface area (Å²) >= 11 is 0. The van der Waals surface area contributed by atoms with E-state index < -0.39 is 20.0 Å². The van der Waals surface area contributed by atoms with E-state index >= 15 is 0 Å². The highest BCUT2D eigenvalue weighted by atomic mass is 31.2. The number of nitrogens with zero attached hydrogens (tertiary/aromatic N) is 1. The molecule has 0 aliphatic carbocycles. The van der Waals surface area contributed by atoms with Crippen LogP contribution in [-0.2, 0) is 18.4 Å². The van der Waals surface area contributed by atoms with Crippen LogP contribution < -0.4 is 5.32 Å². The highest BCUT2D eigenvalue weighted by Crippen LogP contribution is 2.43. The maximum Gasteiger partial charge on any atom is 0.472 e. The van der Waals surface area contributed by atoms with Gasteiger partial charge in [-0.1, -0.05) is 243 Å². The molecule has 3 atom stereocenters. The fourth-order valence-corrected chi connectivity index (χ4v) is 8.75. The molecule has 0 aromatic rings. The quantitative estimate of drug-likeness (QED) is 0.0243. The normalized spacial score (nSPS) is 14.3. The largest absolute Gasteiger partial charge is 0.472 e. The minimum Gasteiger partial charge on any atom is -0.387 e. The van der Waals surface area contributed by atoms with Gasteiger partial charge in [-0.25, -0.2) is 4.57 Å². The highest BCUT2D eigenvalue weighted by Gasteiger charge is 2.27. The topological polar surface area (TPSA) is 105 Å². The summed E-state index contributed by atoms with van der Waals surface area (Å²) in [6, 6.07) is -0.866. The molecule has 0 radical (unpaired) electrons. The van der Waals surface area contributed by atoms with Crippen molar-refractivity contribution in [3.63, 3.8) is 0 Å². The van der Waals surface area contributed by atoms with Gasteiger partial charge in [0.1, 0.15) is 13.2 Å². The van der Waals surface area contributed by atoms with E-state index in [2.05, 4.69) is 43.5 Å². The van der Waals surface area contributed by atoms with Gasteiger partial charge in [-0.05, 0) is 44.9 Å². The summed E-state index contributed by atoms with van der Waals surface area (Å²) in [4.78, 5) is 23.2. The van der Waals surface area contributed by atoms with Crippen LogP contribution in [-0.4, -0.2) is 73.4 Å². The molecule has 0 aromatic carbocycles. The fourth-order valence-electron chi connectivity index (χ4n) is 8.02. The lowest BCUT2D eigenvalue weighted by atomic mass is 10.0. The van der Waals surface area contributed by atoms with Crippen LogP contribution in [0.5, 0.6) is 0 Å². The molecule has 0 fully saturated rings. The molecule has 0 rings (SSSR count). The Morgan fingerprint density at radius 2 is 0.859 bits per heavy atom. The van der Waals surface area contributed by atoms with Gasteiger partial charge in [0.05, 0.1) is 39.9 Å². The Morgan fingerprint density at radius 1 is 0.516 bits per heavy atom. The van der Waals surface area contributed by atoms with E-state index in [0.717, 1.165) is 44.9 Å². The molecule has 0 spiro atoms. The number of likely N-dealkylation sites (N-methyl/N-ethyl adjacent to an activating group) is 1. The van der Waals surface area contributed by atoms with Crippen molar-refractivity contribution in [2.24, 2.45) is 0 Å². The highest BCUT2D eigenvalue weighted by molar-refractivity contribution is 7.47. The zero-order valence-corrected chi connectivity index (χ0v) is 43.9. The van der Waals surface area contributed by atoms with Crippen molar-refractivity contribution >= 4 is 13.7 Å². The molecule has 0 saturated carbocycles. The van der Waals surface area contributed by atoms with Crippen LogP contribution in [0.3, 0.4) is 0 Å². The number of nitrogens with one attached hydrogen (secondary N) is 1. The van der Waals surface area contributed by atoms with Crippen LogP contribution in [0.25, 0.3) is 0 Å². The Balaban J connectivity index is 4.22. The molecule has 0 heterocycles. The van der Waals surface area contributed by atoms with Crippen LogP contribution in [0.4, 0.5) is 0 Å². The van der Waals surface area contributed by atoms with Crippen molar-refractivity contribution in [2.75, 3.05) is 40.9 Å². The third kappa shape index (κ3) is 48.6. The second kappa shape index (κ2) is 46.8. The van der Waals surface area contributed by atoms with Crippen LogP contribution in [0.2, 0.25) is 0 Å². The van der Waals surface area contributed by atoms with Gasteiger partial charge in [0.15, 0.2) is 0 Å². The number of quaternary nitrogens is 1. The zero-order valence-electron chi connectivity index (χ0n) is 43.0. The molecule has 0 saturated heterocycles. The molecule has 378 valence electrons. The Bertz CT molecular complexity index is 1140. The second-order valence-electron chi connectivity index (χ2n) is 19.9. The summed E-state index contributed by atoms with van der Waals surface area (Å²) in [5.74, 6) is -0.189. The summed E-state index contributed by atoms with van der Waals surface area (Å²) in [7, 11) is 1.55. The van der Waals surface area contributed by atoms with E-state index in [-0.39, 0.29) is 19.1 Å². The number of unbranched alkanes of at least 4 members (excludes halogenated alkanes) is 33. The average molecular weight is 924 g/mol. The summed E-state index contributed by atoms with van der Waals surface area (Å²) in [6.45, 7) is 4.80.